The zero-order valence-electron chi connectivity index (χ0n) is 15.1. The summed E-state index contributed by atoms with van der Waals surface area (Å²) in [5, 5.41) is 5.12. The number of nitrogens with zero attached hydrogens (tertiary/aromatic N) is 2. The summed E-state index contributed by atoms with van der Waals surface area (Å²) in [6, 6.07) is 4.41. The summed E-state index contributed by atoms with van der Waals surface area (Å²) in [6.45, 7) is 6.26. The molecule has 0 saturated carbocycles. The van der Waals surface area contributed by atoms with Gasteiger partial charge in [0.05, 0.1) is 17.9 Å². The van der Waals surface area contributed by atoms with Crippen LogP contribution in [0.25, 0.3) is 0 Å². The lowest BCUT2D eigenvalue weighted by Crippen LogP contribution is -2.44. The fourth-order valence-corrected chi connectivity index (χ4v) is 4.02. The van der Waals surface area contributed by atoms with Crippen LogP contribution in [0.3, 0.4) is 0 Å². The van der Waals surface area contributed by atoms with Gasteiger partial charge in [0, 0.05) is 29.5 Å². The second-order valence-electron chi connectivity index (χ2n) is 6.51. The number of rotatable bonds is 6. The highest BCUT2D eigenvalue weighted by Crippen LogP contribution is 2.22. The zero-order chi connectivity index (χ0) is 19.4. The van der Waals surface area contributed by atoms with Crippen molar-refractivity contribution in [3.8, 4) is 5.75 Å². The van der Waals surface area contributed by atoms with E-state index in [1.807, 2.05) is 5.38 Å². The molecule has 2 heterocycles. The minimum Gasteiger partial charge on any atom is -0.481 e. The first-order valence-corrected chi connectivity index (χ1v) is 10.3. The molecule has 1 amide bonds. The first-order chi connectivity index (χ1) is 12.9. The van der Waals surface area contributed by atoms with Crippen molar-refractivity contribution < 1.29 is 18.7 Å². The molecule has 0 bridgehead atoms. The fraction of sp³-hybridized carbons (Fsp3) is 0.444. The average Bonchev–Trinajstić information content (AvgIpc) is 3.00. The van der Waals surface area contributed by atoms with Gasteiger partial charge in [0.2, 0.25) is 0 Å². The maximum atomic E-state index is 13.7. The van der Waals surface area contributed by atoms with Crippen molar-refractivity contribution in [1.29, 1.82) is 0 Å². The standard InChI is InChI=1S/C18H21BrFN3O3S/c1-11-6-23(7-12(2)26-11)8-14-10-27-18(21-14)22-17(24)9-25-16-4-3-13(19)5-15(16)20/h3-5,10-12H,6-9H2,1-2H3,(H,21,22,24). The Bertz CT molecular complexity index is 794. The minimum atomic E-state index is -0.525. The van der Waals surface area contributed by atoms with Gasteiger partial charge in [-0.05, 0) is 32.0 Å². The SMILES string of the molecule is CC1CN(Cc2csc(NC(=O)COc3ccc(Br)cc3F)n2)CC(C)O1. The Kier molecular flexibility index (Phi) is 6.80. The number of halogens is 2. The fourth-order valence-electron chi connectivity index (χ4n) is 2.97. The van der Waals surface area contributed by atoms with Crippen LogP contribution in [-0.2, 0) is 16.1 Å². The number of amides is 1. The first kappa shape index (κ1) is 20.2. The van der Waals surface area contributed by atoms with Crippen LogP contribution in [0.1, 0.15) is 19.5 Å². The molecule has 1 aliphatic rings. The lowest BCUT2D eigenvalue weighted by molar-refractivity contribution is -0.118. The van der Waals surface area contributed by atoms with Gasteiger partial charge in [0.25, 0.3) is 5.91 Å². The molecule has 1 aromatic heterocycles. The highest BCUT2D eigenvalue weighted by molar-refractivity contribution is 9.10. The second-order valence-corrected chi connectivity index (χ2v) is 8.28. The van der Waals surface area contributed by atoms with Crippen LogP contribution in [0.15, 0.2) is 28.1 Å². The van der Waals surface area contributed by atoms with E-state index in [4.69, 9.17) is 9.47 Å². The molecule has 146 valence electrons. The van der Waals surface area contributed by atoms with Crippen molar-refractivity contribution in [1.82, 2.24) is 9.88 Å². The van der Waals surface area contributed by atoms with Crippen LogP contribution < -0.4 is 10.1 Å². The van der Waals surface area contributed by atoms with Crippen molar-refractivity contribution in [2.45, 2.75) is 32.6 Å². The van der Waals surface area contributed by atoms with Crippen molar-refractivity contribution in [2.24, 2.45) is 0 Å². The van der Waals surface area contributed by atoms with Crippen molar-refractivity contribution in [3.05, 3.63) is 39.6 Å². The Morgan fingerprint density at radius 1 is 1.44 bits per heavy atom. The summed E-state index contributed by atoms with van der Waals surface area (Å²) in [6.07, 6.45) is 0.394. The maximum Gasteiger partial charge on any atom is 0.264 e. The number of nitrogens with one attached hydrogen (secondary N) is 1. The first-order valence-electron chi connectivity index (χ1n) is 8.59. The lowest BCUT2D eigenvalue weighted by Gasteiger charge is -2.34. The Morgan fingerprint density at radius 3 is 2.89 bits per heavy atom. The topological polar surface area (TPSA) is 63.7 Å². The molecule has 1 fully saturated rings. The molecular weight excluding hydrogens is 437 g/mol. The number of benzene rings is 1. The predicted molar refractivity (Wildman–Crippen MR) is 106 cm³/mol. The number of morpholine rings is 1. The van der Waals surface area contributed by atoms with Gasteiger partial charge in [0.1, 0.15) is 0 Å². The van der Waals surface area contributed by atoms with E-state index in [9.17, 15) is 9.18 Å². The molecule has 1 N–H and O–H groups in total. The summed E-state index contributed by atoms with van der Waals surface area (Å²) in [4.78, 5) is 18.8. The van der Waals surface area contributed by atoms with Gasteiger partial charge in [-0.15, -0.1) is 11.3 Å². The molecule has 1 aliphatic heterocycles. The molecule has 1 aromatic carbocycles. The molecule has 2 aromatic rings. The van der Waals surface area contributed by atoms with Gasteiger partial charge >= 0.3 is 0 Å². The van der Waals surface area contributed by atoms with E-state index in [0.29, 0.717) is 16.1 Å². The number of carbonyl (C=O) groups is 1. The van der Waals surface area contributed by atoms with E-state index >= 15 is 0 Å². The molecule has 0 aliphatic carbocycles. The number of hydrogen-bond acceptors (Lipinski definition) is 6. The van der Waals surface area contributed by atoms with Gasteiger partial charge in [-0.1, -0.05) is 15.9 Å². The molecule has 2 unspecified atom stereocenters. The Balaban J connectivity index is 1.49. The van der Waals surface area contributed by atoms with Crippen molar-refractivity contribution >= 4 is 38.3 Å². The second kappa shape index (κ2) is 9.09. The lowest BCUT2D eigenvalue weighted by atomic mass is 10.2. The summed E-state index contributed by atoms with van der Waals surface area (Å²) in [5.74, 6) is -0.877. The van der Waals surface area contributed by atoms with E-state index < -0.39 is 5.82 Å². The van der Waals surface area contributed by atoms with Crippen molar-refractivity contribution in [3.63, 3.8) is 0 Å². The molecule has 3 rings (SSSR count). The van der Waals surface area contributed by atoms with Crippen molar-refractivity contribution in [2.75, 3.05) is 25.0 Å². The van der Waals surface area contributed by atoms with E-state index in [-0.39, 0.29) is 30.5 Å². The Morgan fingerprint density at radius 2 is 2.19 bits per heavy atom. The molecule has 27 heavy (non-hydrogen) atoms. The molecular formula is C18H21BrFN3O3S. The summed E-state index contributed by atoms with van der Waals surface area (Å²) < 4.78 is 25.3. The van der Waals surface area contributed by atoms with Crippen LogP contribution in [-0.4, -0.2) is 47.7 Å². The van der Waals surface area contributed by atoms with E-state index in [1.54, 1.807) is 6.07 Å². The molecule has 1 saturated heterocycles. The highest BCUT2D eigenvalue weighted by atomic mass is 79.9. The van der Waals surface area contributed by atoms with Gasteiger partial charge < -0.3 is 9.47 Å². The third-order valence-corrected chi connectivity index (χ3v) is 5.23. The largest absolute Gasteiger partial charge is 0.481 e. The van der Waals surface area contributed by atoms with Gasteiger partial charge in [-0.3, -0.25) is 15.0 Å². The van der Waals surface area contributed by atoms with Gasteiger partial charge in [-0.2, -0.15) is 0 Å². The summed E-state index contributed by atoms with van der Waals surface area (Å²) in [7, 11) is 0. The van der Waals surface area contributed by atoms with Crippen LogP contribution >= 0.6 is 27.3 Å². The minimum absolute atomic E-state index is 0.0312. The number of aromatic nitrogens is 1. The maximum absolute atomic E-state index is 13.7. The zero-order valence-corrected chi connectivity index (χ0v) is 17.5. The molecule has 0 spiro atoms. The predicted octanol–water partition coefficient (Wildman–Crippen LogP) is 3.67. The van der Waals surface area contributed by atoms with Crippen LogP contribution in [0, 0.1) is 5.82 Å². The number of anilines is 1. The smallest absolute Gasteiger partial charge is 0.264 e. The van der Waals surface area contributed by atoms with Crippen LogP contribution in [0.2, 0.25) is 0 Å². The molecule has 6 nitrogen and oxygen atoms in total. The monoisotopic (exact) mass is 457 g/mol. The molecule has 2 atom stereocenters. The third-order valence-electron chi connectivity index (χ3n) is 3.93. The third kappa shape index (κ3) is 5.97. The number of hydrogen-bond donors (Lipinski definition) is 1. The highest BCUT2D eigenvalue weighted by Gasteiger charge is 2.22. The van der Waals surface area contributed by atoms with Crippen LogP contribution in [0.4, 0.5) is 9.52 Å². The molecule has 0 radical (unpaired) electrons. The molecule has 9 heteroatoms. The Hall–Kier alpha value is -1.55. The number of carbonyl (C=O) groups excluding carboxylic acids is 1. The summed E-state index contributed by atoms with van der Waals surface area (Å²) >= 11 is 4.53. The van der Waals surface area contributed by atoms with Crippen LogP contribution in [0.5, 0.6) is 5.75 Å². The number of thiazole rings is 1. The van der Waals surface area contributed by atoms with Gasteiger partial charge in [-0.25, -0.2) is 9.37 Å². The van der Waals surface area contributed by atoms with E-state index in [2.05, 4.69) is 45.0 Å². The average molecular weight is 458 g/mol. The summed E-state index contributed by atoms with van der Waals surface area (Å²) in [5.41, 5.74) is 0.900. The number of ether oxygens (including phenoxy) is 2. The van der Waals surface area contributed by atoms with E-state index in [0.717, 1.165) is 18.8 Å². The Labute approximate surface area is 169 Å². The van der Waals surface area contributed by atoms with Gasteiger partial charge in [0.15, 0.2) is 23.3 Å². The van der Waals surface area contributed by atoms with E-state index in [1.165, 1.54) is 23.5 Å². The normalized spacial score (nSPS) is 20.4. The quantitative estimate of drug-likeness (QED) is 0.716.